The molecule has 0 fully saturated rings. The highest BCUT2D eigenvalue weighted by atomic mass is 32.1. The van der Waals surface area contributed by atoms with Crippen LogP contribution in [-0.4, -0.2) is 0 Å². The van der Waals surface area contributed by atoms with Crippen LogP contribution in [0.3, 0.4) is 0 Å². The highest BCUT2D eigenvalue weighted by Gasteiger charge is 2.12. The standard InChI is InChI=1S/C24H19NS3/c26-22-11-3-18(4-12-22)17-1-5-19(6-2-17)25(20-7-13-23(27)14-8-20)21-9-15-24(28)16-10-21/h1-16,26-28H. The lowest BCUT2D eigenvalue weighted by molar-refractivity contribution is 1.26. The van der Waals surface area contributed by atoms with Gasteiger partial charge in [-0.15, -0.1) is 37.9 Å². The molecule has 0 aliphatic heterocycles. The third-order valence-electron chi connectivity index (χ3n) is 4.54. The predicted molar refractivity (Wildman–Crippen MR) is 128 cm³/mol. The van der Waals surface area contributed by atoms with Gasteiger partial charge in [-0.3, -0.25) is 0 Å². The fourth-order valence-corrected chi connectivity index (χ4v) is 3.55. The van der Waals surface area contributed by atoms with Gasteiger partial charge < -0.3 is 4.90 Å². The molecule has 0 aliphatic carbocycles. The van der Waals surface area contributed by atoms with E-state index in [4.69, 9.17) is 0 Å². The van der Waals surface area contributed by atoms with Crippen molar-refractivity contribution in [2.75, 3.05) is 4.90 Å². The van der Waals surface area contributed by atoms with Crippen molar-refractivity contribution in [3.05, 3.63) is 97.1 Å². The molecule has 138 valence electrons. The summed E-state index contributed by atoms with van der Waals surface area (Å²) in [5.41, 5.74) is 5.60. The first-order valence-corrected chi connectivity index (χ1v) is 10.2. The normalized spacial score (nSPS) is 10.7. The van der Waals surface area contributed by atoms with Gasteiger partial charge in [-0.25, -0.2) is 0 Å². The minimum Gasteiger partial charge on any atom is -0.311 e. The van der Waals surface area contributed by atoms with Crippen molar-refractivity contribution in [1.29, 1.82) is 0 Å². The van der Waals surface area contributed by atoms with Gasteiger partial charge in [-0.05, 0) is 83.9 Å². The summed E-state index contributed by atoms with van der Waals surface area (Å²) in [7, 11) is 0. The molecule has 1 nitrogen and oxygen atoms in total. The Labute approximate surface area is 182 Å². The van der Waals surface area contributed by atoms with Crippen LogP contribution in [0.5, 0.6) is 0 Å². The maximum atomic E-state index is 4.42. The zero-order valence-electron chi connectivity index (χ0n) is 15.0. The molecule has 0 amide bonds. The number of benzene rings is 4. The van der Waals surface area contributed by atoms with Crippen LogP contribution in [-0.2, 0) is 0 Å². The van der Waals surface area contributed by atoms with Gasteiger partial charge in [0.05, 0.1) is 0 Å². The zero-order chi connectivity index (χ0) is 19.5. The van der Waals surface area contributed by atoms with Gasteiger partial charge in [0.15, 0.2) is 0 Å². The van der Waals surface area contributed by atoms with Crippen molar-refractivity contribution in [2.45, 2.75) is 14.7 Å². The van der Waals surface area contributed by atoms with E-state index in [9.17, 15) is 0 Å². The summed E-state index contributed by atoms with van der Waals surface area (Å²) in [6, 6.07) is 33.1. The van der Waals surface area contributed by atoms with E-state index in [1.54, 1.807) is 0 Å². The minimum atomic E-state index is 0.942. The number of hydrogen-bond acceptors (Lipinski definition) is 4. The monoisotopic (exact) mass is 417 g/mol. The van der Waals surface area contributed by atoms with Crippen LogP contribution in [0.15, 0.2) is 112 Å². The fraction of sp³-hybridized carbons (Fsp3) is 0. The summed E-state index contributed by atoms with van der Waals surface area (Å²) in [6.07, 6.45) is 0. The lowest BCUT2D eigenvalue weighted by Gasteiger charge is -2.26. The summed E-state index contributed by atoms with van der Waals surface area (Å²) in [5.74, 6) is 0. The van der Waals surface area contributed by atoms with Gasteiger partial charge in [0.2, 0.25) is 0 Å². The van der Waals surface area contributed by atoms with Gasteiger partial charge in [0.25, 0.3) is 0 Å². The van der Waals surface area contributed by atoms with Crippen LogP contribution < -0.4 is 4.90 Å². The summed E-state index contributed by atoms with van der Waals surface area (Å²) in [6.45, 7) is 0. The van der Waals surface area contributed by atoms with Crippen LogP contribution in [0.2, 0.25) is 0 Å². The molecule has 4 aromatic carbocycles. The van der Waals surface area contributed by atoms with Crippen LogP contribution in [0, 0.1) is 0 Å². The first-order chi connectivity index (χ1) is 13.6. The van der Waals surface area contributed by atoms with Crippen LogP contribution in [0.1, 0.15) is 0 Å². The number of anilines is 3. The van der Waals surface area contributed by atoms with E-state index < -0.39 is 0 Å². The van der Waals surface area contributed by atoms with Crippen molar-refractivity contribution in [3.8, 4) is 11.1 Å². The molecule has 4 rings (SSSR count). The number of nitrogens with zero attached hydrogens (tertiary/aromatic N) is 1. The smallest absolute Gasteiger partial charge is 0.0462 e. The molecule has 4 aromatic rings. The molecule has 0 saturated carbocycles. The third-order valence-corrected chi connectivity index (χ3v) is 5.44. The average molecular weight is 418 g/mol. The van der Waals surface area contributed by atoms with Gasteiger partial charge in [0.1, 0.15) is 0 Å². The number of rotatable bonds is 4. The molecule has 0 aliphatic rings. The Bertz CT molecular complexity index is 1010. The quantitative estimate of drug-likeness (QED) is 0.287. The molecule has 0 heterocycles. The highest BCUT2D eigenvalue weighted by Crippen LogP contribution is 2.36. The van der Waals surface area contributed by atoms with Crippen LogP contribution >= 0.6 is 37.9 Å². The molecule has 0 aromatic heterocycles. The molecule has 0 unspecified atom stereocenters. The van der Waals surface area contributed by atoms with Crippen molar-refractivity contribution in [3.63, 3.8) is 0 Å². The first-order valence-electron chi connectivity index (χ1n) is 8.88. The van der Waals surface area contributed by atoms with Gasteiger partial charge in [-0.1, -0.05) is 24.3 Å². The molecule has 0 atom stereocenters. The topological polar surface area (TPSA) is 3.24 Å². The number of thiol groups is 3. The zero-order valence-corrected chi connectivity index (χ0v) is 17.7. The van der Waals surface area contributed by atoms with Crippen molar-refractivity contribution in [1.82, 2.24) is 0 Å². The molecule has 4 heteroatoms. The van der Waals surface area contributed by atoms with E-state index in [0.717, 1.165) is 31.7 Å². The predicted octanol–water partition coefficient (Wildman–Crippen LogP) is 7.69. The molecule has 0 spiro atoms. The lowest BCUT2D eigenvalue weighted by Crippen LogP contribution is -2.09. The third kappa shape index (κ3) is 4.25. The SMILES string of the molecule is Sc1ccc(-c2ccc(N(c3ccc(S)cc3)c3ccc(S)cc3)cc2)cc1. The van der Waals surface area contributed by atoms with Gasteiger partial charge >= 0.3 is 0 Å². The molecule has 0 radical (unpaired) electrons. The van der Waals surface area contributed by atoms with Crippen LogP contribution in [0.25, 0.3) is 11.1 Å². The Hall–Kier alpha value is -2.27. The Morgan fingerprint density at radius 2 is 0.607 bits per heavy atom. The van der Waals surface area contributed by atoms with Gasteiger partial charge in [0, 0.05) is 31.7 Å². The fourth-order valence-electron chi connectivity index (χ4n) is 3.11. The Morgan fingerprint density at radius 3 is 0.964 bits per heavy atom. The second-order valence-corrected chi connectivity index (χ2v) is 8.01. The van der Waals surface area contributed by atoms with E-state index in [2.05, 4.69) is 103 Å². The van der Waals surface area contributed by atoms with E-state index in [0.29, 0.717) is 0 Å². The number of hydrogen-bond donors (Lipinski definition) is 3. The summed E-state index contributed by atoms with van der Waals surface area (Å²) < 4.78 is 0. The Balaban J connectivity index is 1.74. The first kappa shape index (κ1) is 19.1. The van der Waals surface area contributed by atoms with Crippen molar-refractivity contribution < 1.29 is 0 Å². The molecule has 0 bridgehead atoms. The van der Waals surface area contributed by atoms with Crippen LogP contribution in [0.4, 0.5) is 17.1 Å². The summed E-state index contributed by atoms with van der Waals surface area (Å²) in [4.78, 5) is 5.07. The van der Waals surface area contributed by atoms with Gasteiger partial charge in [-0.2, -0.15) is 0 Å². The van der Waals surface area contributed by atoms with E-state index >= 15 is 0 Å². The molecule has 0 saturated heterocycles. The Morgan fingerprint density at radius 1 is 0.357 bits per heavy atom. The lowest BCUT2D eigenvalue weighted by atomic mass is 10.0. The van der Waals surface area contributed by atoms with Crippen molar-refractivity contribution >= 4 is 54.9 Å². The molecular weight excluding hydrogens is 398 g/mol. The molecular formula is C24H19NS3. The largest absolute Gasteiger partial charge is 0.311 e. The molecule has 0 N–H and O–H groups in total. The highest BCUT2D eigenvalue weighted by molar-refractivity contribution is 7.80. The maximum absolute atomic E-state index is 4.42. The van der Waals surface area contributed by atoms with E-state index in [1.807, 2.05) is 36.4 Å². The minimum absolute atomic E-state index is 0.942. The summed E-state index contributed by atoms with van der Waals surface area (Å²) in [5, 5.41) is 0. The maximum Gasteiger partial charge on any atom is 0.0462 e. The second-order valence-electron chi connectivity index (χ2n) is 6.46. The van der Waals surface area contributed by atoms with Crippen molar-refractivity contribution in [2.24, 2.45) is 0 Å². The Kier molecular flexibility index (Phi) is 5.72. The molecule has 28 heavy (non-hydrogen) atoms. The van der Waals surface area contributed by atoms with E-state index in [1.165, 1.54) is 11.1 Å². The second kappa shape index (κ2) is 8.39. The average Bonchev–Trinajstić information content (AvgIpc) is 2.72. The van der Waals surface area contributed by atoms with E-state index in [-0.39, 0.29) is 0 Å². The summed E-state index contributed by atoms with van der Waals surface area (Å²) >= 11 is 13.2.